The van der Waals surface area contributed by atoms with Crippen molar-refractivity contribution < 1.29 is 0 Å². The molecule has 1 unspecified atom stereocenters. The minimum Gasteiger partial charge on any atom is -0.371 e. The second-order valence-electron chi connectivity index (χ2n) is 3.92. The third-order valence-corrected chi connectivity index (χ3v) is 2.73. The zero-order chi connectivity index (χ0) is 11.4. The first-order chi connectivity index (χ1) is 7.77. The molecule has 2 heterocycles. The van der Waals surface area contributed by atoms with Gasteiger partial charge in [0, 0.05) is 24.3 Å². The van der Waals surface area contributed by atoms with Crippen molar-refractivity contribution in [2.75, 3.05) is 11.9 Å². The van der Waals surface area contributed by atoms with Gasteiger partial charge in [0.15, 0.2) is 0 Å². The smallest absolute Gasteiger partial charge is 0.138 e. The van der Waals surface area contributed by atoms with E-state index in [1.54, 1.807) is 6.20 Å². The van der Waals surface area contributed by atoms with Gasteiger partial charge in [-0.25, -0.2) is 4.98 Å². The van der Waals surface area contributed by atoms with Crippen LogP contribution in [0.1, 0.15) is 19.8 Å². The van der Waals surface area contributed by atoms with Gasteiger partial charge in [0.05, 0.1) is 0 Å². The normalized spacial score (nSPS) is 12.9. The molecule has 0 radical (unpaired) electrons. The predicted molar refractivity (Wildman–Crippen MR) is 68.2 cm³/mol. The number of anilines is 1. The van der Waals surface area contributed by atoms with Crippen molar-refractivity contribution in [3.8, 4) is 0 Å². The fraction of sp³-hybridized carbons (Fsp3) is 0.417. The largest absolute Gasteiger partial charge is 0.371 e. The molecule has 1 N–H and O–H groups in total. The van der Waals surface area contributed by atoms with Gasteiger partial charge in [0.2, 0.25) is 0 Å². The van der Waals surface area contributed by atoms with Crippen LogP contribution in [0.15, 0.2) is 30.6 Å². The minimum absolute atomic E-state index is 0.255. The van der Waals surface area contributed by atoms with Crippen LogP contribution in [-0.4, -0.2) is 21.3 Å². The van der Waals surface area contributed by atoms with Crippen LogP contribution in [0.5, 0.6) is 0 Å². The van der Waals surface area contributed by atoms with E-state index >= 15 is 0 Å². The number of fused-ring (bicyclic) bond motifs is 1. The molecule has 16 heavy (non-hydrogen) atoms. The summed E-state index contributed by atoms with van der Waals surface area (Å²) in [4.78, 5) is 4.24. The number of nitrogens with one attached hydrogen (secondary N) is 1. The number of rotatable bonds is 5. The molecule has 0 fully saturated rings. The van der Waals surface area contributed by atoms with Gasteiger partial charge >= 0.3 is 0 Å². The highest BCUT2D eigenvalue weighted by Crippen LogP contribution is 2.11. The third-order valence-electron chi connectivity index (χ3n) is 2.51. The summed E-state index contributed by atoms with van der Waals surface area (Å²) >= 11 is 5.89. The van der Waals surface area contributed by atoms with Gasteiger partial charge in [-0.15, -0.1) is 11.6 Å². The van der Waals surface area contributed by atoms with E-state index in [0.29, 0.717) is 0 Å². The zero-order valence-corrected chi connectivity index (χ0v) is 10.1. The van der Waals surface area contributed by atoms with Gasteiger partial charge in [0.1, 0.15) is 11.5 Å². The molecule has 2 rings (SSSR count). The van der Waals surface area contributed by atoms with Crippen LogP contribution >= 0.6 is 11.6 Å². The van der Waals surface area contributed by atoms with Gasteiger partial charge < -0.3 is 5.32 Å². The Morgan fingerprint density at radius 3 is 3.19 bits per heavy atom. The molecule has 86 valence electrons. The van der Waals surface area contributed by atoms with Crippen molar-refractivity contribution >= 4 is 23.1 Å². The second-order valence-corrected chi connectivity index (χ2v) is 4.66. The van der Waals surface area contributed by atoms with Gasteiger partial charge in [0.25, 0.3) is 0 Å². The van der Waals surface area contributed by atoms with Crippen LogP contribution < -0.4 is 5.32 Å². The molecule has 0 saturated heterocycles. The van der Waals surface area contributed by atoms with Crippen LogP contribution in [0.2, 0.25) is 0 Å². The second kappa shape index (κ2) is 5.21. The highest BCUT2D eigenvalue weighted by molar-refractivity contribution is 6.20. The van der Waals surface area contributed by atoms with Gasteiger partial charge in [-0.05, 0) is 31.9 Å². The Morgan fingerprint density at radius 2 is 2.38 bits per heavy atom. The number of halogens is 1. The minimum atomic E-state index is 0.255. The van der Waals surface area contributed by atoms with E-state index in [1.807, 2.05) is 29.7 Å². The highest BCUT2D eigenvalue weighted by atomic mass is 35.5. The number of hydrogen-bond donors (Lipinski definition) is 1. The summed E-state index contributed by atoms with van der Waals surface area (Å²) in [6, 6.07) is 6.06. The average molecular weight is 238 g/mol. The number of hydrogen-bond acceptors (Lipinski definition) is 2. The molecule has 0 amide bonds. The highest BCUT2D eigenvalue weighted by Gasteiger charge is 2.00. The first-order valence-corrected chi connectivity index (χ1v) is 6.01. The molecular formula is C12H16ClN3. The fourth-order valence-electron chi connectivity index (χ4n) is 1.69. The van der Waals surface area contributed by atoms with Crippen molar-refractivity contribution in [1.29, 1.82) is 0 Å². The summed E-state index contributed by atoms with van der Waals surface area (Å²) in [5.41, 5.74) is 0.968. The maximum Gasteiger partial charge on any atom is 0.138 e. The number of aromatic nitrogens is 2. The molecular weight excluding hydrogens is 222 g/mol. The lowest BCUT2D eigenvalue weighted by Crippen LogP contribution is -2.06. The summed E-state index contributed by atoms with van der Waals surface area (Å²) in [5, 5.41) is 3.65. The SMILES string of the molecule is CC(Cl)CCCNc1cccc2nccn12. The Kier molecular flexibility index (Phi) is 3.67. The van der Waals surface area contributed by atoms with Crippen LogP contribution in [-0.2, 0) is 0 Å². The number of alkyl halides is 1. The Hall–Kier alpha value is -1.22. The fourth-order valence-corrected chi connectivity index (χ4v) is 1.85. The molecule has 2 aromatic heterocycles. The van der Waals surface area contributed by atoms with E-state index in [9.17, 15) is 0 Å². The van der Waals surface area contributed by atoms with Gasteiger partial charge in [-0.1, -0.05) is 6.07 Å². The molecule has 0 aromatic carbocycles. The number of pyridine rings is 1. The Labute approximate surface area is 100 Å². The van der Waals surface area contributed by atoms with Crippen molar-refractivity contribution in [2.24, 2.45) is 0 Å². The molecule has 2 aromatic rings. The molecule has 0 saturated carbocycles. The molecule has 3 nitrogen and oxygen atoms in total. The summed E-state index contributed by atoms with van der Waals surface area (Å²) in [6.45, 7) is 2.96. The topological polar surface area (TPSA) is 29.3 Å². The van der Waals surface area contributed by atoms with Crippen molar-refractivity contribution in [3.63, 3.8) is 0 Å². The lowest BCUT2D eigenvalue weighted by Gasteiger charge is -2.09. The van der Waals surface area contributed by atoms with Crippen LogP contribution in [0.4, 0.5) is 5.82 Å². The van der Waals surface area contributed by atoms with Crippen molar-refractivity contribution in [2.45, 2.75) is 25.1 Å². The van der Waals surface area contributed by atoms with E-state index in [1.165, 1.54) is 0 Å². The predicted octanol–water partition coefficient (Wildman–Crippen LogP) is 3.15. The lowest BCUT2D eigenvalue weighted by atomic mass is 10.2. The number of imidazole rings is 1. The summed E-state index contributed by atoms with van der Waals surface area (Å²) in [7, 11) is 0. The van der Waals surface area contributed by atoms with E-state index in [4.69, 9.17) is 11.6 Å². The van der Waals surface area contributed by atoms with Crippen LogP contribution in [0.3, 0.4) is 0 Å². The zero-order valence-electron chi connectivity index (χ0n) is 9.36. The van der Waals surface area contributed by atoms with Gasteiger partial charge in [-0.2, -0.15) is 0 Å². The Bertz CT molecular complexity index is 450. The average Bonchev–Trinajstić information content (AvgIpc) is 2.72. The van der Waals surface area contributed by atoms with E-state index < -0.39 is 0 Å². The van der Waals surface area contributed by atoms with Crippen molar-refractivity contribution in [3.05, 3.63) is 30.6 Å². The first-order valence-electron chi connectivity index (χ1n) is 5.57. The van der Waals surface area contributed by atoms with E-state index in [2.05, 4.69) is 16.4 Å². The molecule has 0 aliphatic rings. The maximum atomic E-state index is 5.89. The molecule has 0 spiro atoms. The van der Waals surface area contributed by atoms with E-state index in [0.717, 1.165) is 30.9 Å². The van der Waals surface area contributed by atoms with Crippen LogP contribution in [0.25, 0.3) is 5.65 Å². The number of nitrogens with zero attached hydrogens (tertiary/aromatic N) is 2. The Balaban J connectivity index is 1.96. The summed E-state index contributed by atoms with van der Waals surface area (Å²) < 4.78 is 2.05. The lowest BCUT2D eigenvalue weighted by molar-refractivity contribution is 0.748. The third kappa shape index (κ3) is 2.67. The monoisotopic (exact) mass is 237 g/mol. The van der Waals surface area contributed by atoms with Gasteiger partial charge in [-0.3, -0.25) is 4.40 Å². The molecule has 0 aliphatic heterocycles. The summed E-state index contributed by atoms with van der Waals surface area (Å²) in [6.07, 6.45) is 5.88. The van der Waals surface area contributed by atoms with E-state index in [-0.39, 0.29) is 5.38 Å². The quantitative estimate of drug-likeness (QED) is 0.640. The standard InChI is InChI=1S/C12H16ClN3/c1-10(13)4-3-7-14-11-5-2-6-12-15-8-9-16(11)12/h2,5-6,8-10,14H,3-4,7H2,1H3. The molecule has 0 aliphatic carbocycles. The molecule has 4 heteroatoms. The summed E-state index contributed by atoms with van der Waals surface area (Å²) in [5.74, 6) is 1.08. The molecule has 0 bridgehead atoms. The first kappa shape index (κ1) is 11.3. The Morgan fingerprint density at radius 1 is 1.50 bits per heavy atom. The maximum absolute atomic E-state index is 5.89. The van der Waals surface area contributed by atoms with Crippen molar-refractivity contribution in [1.82, 2.24) is 9.38 Å². The molecule has 1 atom stereocenters. The van der Waals surface area contributed by atoms with Crippen LogP contribution in [0, 0.1) is 0 Å².